The molecule has 1 N–H and O–H groups in total. The monoisotopic (exact) mass is 313 g/mol. The molecule has 1 fully saturated rings. The van der Waals surface area contributed by atoms with E-state index in [1.807, 2.05) is 6.07 Å². The fourth-order valence-corrected chi connectivity index (χ4v) is 3.05. The predicted octanol–water partition coefficient (Wildman–Crippen LogP) is 4.35. The van der Waals surface area contributed by atoms with Gasteiger partial charge in [0.05, 0.1) is 11.1 Å². The lowest BCUT2D eigenvalue weighted by Crippen LogP contribution is -2.36. The highest BCUT2D eigenvalue weighted by Crippen LogP contribution is 2.21. The normalized spacial score (nSPS) is 20.4. The van der Waals surface area contributed by atoms with Gasteiger partial charge in [-0.3, -0.25) is 0 Å². The van der Waals surface area contributed by atoms with E-state index in [0.29, 0.717) is 12.1 Å². The largest absolute Gasteiger partial charge is 0.378 e. The van der Waals surface area contributed by atoms with Crippen LogP contribution in [0.1, 0.15) is 44.6 Å². The molecule has 0 saturated carbocycles. The van der Waals surface area contributed by atoms with Crippen LogP contribution in [0.2, 0.25) is 5.02 Å². The Morgan fingerprint density at radius 2 is 2.29 bits per heavy atom. The van der Waals surface area contributed by atoms with Crippen molar-refractivity contribution >= 4 is 11.6 Å². The molecule has 1 aromatic carbocycles. The van der Waals surface area contributed by atoms with Crippen molar-refractivity contribution in [2.75, 3.05) is 13.2 Å². The second kappa shape index (κ2) is 8.72. The molecule has 1 aliphatic heterocycles. The maximum atomic E-state index is 13.2. The molecule has 0 amide bonds. The zero-order chi connectivity index (χ0) is 15.1. The molecular formula is C17H25ClFNO. The fourth-order valence-electron chi connectivity index (χ4n) is 2.85. The van der Waals surface area contributed by atoms with Gasteiger partial charge in [0, 0.05) is 12.6 Å². The minimum Gasteiger partial charge on any atom is -0.378 e. The lowest BCUT2D eigenvalue weighted by atomic mass is 9.96. The minimum absolute atomic E-state index is 0.204. The predicted molar refractivity (Wildman–Crippen MR) is 85.4 cm³/mol. The highest BCUT2D eigenvalue weighted by molar-refractivity contribution is 6.30. The number of hydrogen-bond donors (Lipinski definition) is 1. The van der Waals surface area contributed by atoms with Gasteiger partial charge in [-0.15, -0.1) is 0 Å². The van der Waals surface area contributed by atoms with Crippen LogP contribution in [-0.2, 0) is 11.2 Å². The molecule has 2 atom stereocenters. The van der Waals surface area contributed by atoms with Crippen LogP contribution in [0.15, 0.2) is 18.2 Å². The number of ether oxygens (including phenoxy) is 1. The minimum atomic E-state index is -0.353. The highest BCUT2D eigenvalue weighted by atomic mass is 35.5. The highest BCUT2D eigenvalue weighted by Gasteiger charge is 2.19. The third-order valence-electron chi connectivity index (χ3n) is 3.97. The number of nitrogens with one attached hydrogen (secondary N) is 1. The SMILES string of the molecule is CCCNC(Cc1ccc(F)c(Cl)c1)CC1CCCCO1. The number of benzene rings is 1. The number of rotatable bonds is 7. The summed E-state index contributed by atoms with van der Waals surface area (Å²) in [5.74, 6) is -0.353. The van der Waals surface area contributed by atoms with Gasteiger partial charge in [0.1, 0.15) is 5.82 Å². The zero-order valence-corrected chi connectivity index (χ0v) is 13.5. The molecule has 2 rings (SSSR count). The van der Waals surface area contributed by atoms with Crippen molar-refractivity contribution in [3.8, 4) is 0 Å². The molecule has 0 radical (unpaired) electrons. The van der Waals surface area contributed by atoms with Crippen LogP contribution in [0, 0.1) is 5.82 Å². The van der Waals surface area contributed by atoms with Gasteiger partial charge < -0.3 is 10.1 Å². The lowest BCUT2D eigenvalue weighted by Gasteiger charge is -2.28. The second-order valence-corrected chi connectivity index (χ2v) is 6.24. The molecule has 2 nitrogen and oxygen atoms in total. The average Bonchev–Trinajstić information content (AvgIpc) is 2.49. The van der Waals surface area contributed by atoms with E-state index in [1.165, 1.54) is 18.9 Å². The molecule has 1 aliphatic rings. The van der Waals surface area contributed by atoms with Crippen molar-refractivity contribution in [1.82, 2.24) is 5.32 Å². The van der Waals surface area contributed by atoms with E-state index in [2.05, 4.69) is 12.2 Å². The summed E-state index contributed by atoms with van der Waals surface area (Å²) in [6, 6.07) is 5.36. The van der Waals surface area contributed by atoms with Gasteiger partial charge in [-0.1, -0.05) is 24.6 Å². The second-order valence-electron chi connectivity index (χ2n) is 5.83. The fraction of sp³-hybridized carbons (Fsp3) is 0.647. The molecule has 1 heterocycles. The summed E-state index contributed by atoms with van der Waals surface area (Å²) >= 11 is 5.87. The molecule has 1 aromatic rings. The Bertz CT molecular complexity index is 435. The average molecular weight is 314 g/mol. The van der Waals surface area contributed by atoms with Crippen molar-refractivity contribution in [2.45, 2.75) is 57.6 Å². The van der Waals surface area contributed by atoms with Gasteiger partial charge in [0.25, 0.3) is 0 Å². The van der Waals surface area contributed by atoms with E-state index in [0.717, 1.165) is 44.4 Å². The van der Waals surface area contributed by atoms with Gasteiger partial charge in [-0.05, 0) is 62.8 Å². The Labute approximate surface area is 132 Å². The molecular weight excluding hydrogens is 289 g/mol. The Morgan fingerprint density at radius 3 is 2.95 bits per heavy atom. The van der Waals surface area contributed by atoms with Gasteiger partial charge in [0.15, 0.2) is 0 Å². The van der Waals surface area contributed by atoms with Gasteiger partial charge in [-0.25, -0.2) is 4.39 Å². The molecule has 4 heteroatoms. The lowest BCUT2D eigenvalue weighted by molar-refractivity contribution is 0.00526. The molecule has 1 saturated heterocycles. The molecule has 2 unspecified atom stereocenters. The quantitative estimate of drug-likeness (QED) is 0.808. The summed E-state index contributed by atoms with van der Waals surface area (Å²) in [6.45, 7) is 4.04. The van der Waals surface area contributed by atoms with Crippen molar-refractivity contribution in [1.29, 1.82) is 0 Å². The first-order chi connectivity index (χ1) is 10.2. The van der Waals surface area contributed by atoms with Crippen molar-refractivity contribution in [3.05, 3.63) is 34.6 Å². The number of hydrogen-bond acceptors (Lipinski definition) is 2. The number of halogens is 2. The van der Waals surface area contributed by atoms with E-state index in [4.69, 9.17) is 16.3 Å². The van der Waals surface area contributed by atoms with E-state index in [9.17, 15) is 4.39 Å². The Morgan fingerprint density at radius 1 is 1.43 bits per heavy atom. The van der Waals surface area contributed by atoms with E-state index < -0.39 is 0 Å². The van der Waals surface area contributed by atoms with Crippen LogP contribution >= 0.6 is 11.6 Å². The molecule has 0 aliphatic carbocycles. The van der Waals surface area contributed by atoms with Gasteiger partial charge in [-0.2, -0.15) is 0 Å². The zero-order valence-electron chi connectivity index (χ0n) is 12.7. The first kappa shape index (κ1) is 16.7. The molecule has 118 valence electrons. The van der Waals surface area contributed by atoms with E-state index >= 15 is 0 Å². The summed E-state index contributed by atoms with van der Waals surface area (Å²) in [4.78, 5) is 0. The molecule has 0 spiro atoms. The van der Waals surface area contributed by atoms with E-state index in [1.54, 1.807) is 6.07 Å². The Hall–Kier alpha value is -0.640. The summed E-state index contributed by atoms with van der Waals surface area (Å²) < 4.78 is 19.1. The van der Waals surface area contributed by atoms with Crippen LogP contribution in [0.3, 0.4) is 0 Å². The smallest absolute Gasteiger partial charge is 0.141 e. The van der Waals surface area contributed by atoms with Crippen LogP contribution in [0.25, 0.3) is 0 Å². The summed E-state index contributed by atoms with van der Waals surface area (Å²) in [5, 5.41) is 3.79. The van der Waals surface area contributed by atoms with Crippen molar-refractivity contribution in [3.63, 3.8) is 0 Å². The third kappa shape index (κ3) is 5.57. The molecule has 21 heavy (non-hydrogen) atoms. The molecule has 0 bridgehead atoms. The maximum Gasteiger partial charge on any atom is 0.141 e. The standard InChI is InChI=1S/C17H25ClFNO/c1-2-8-20-14(12-15-5-3-4-9-21-15)10-13-6-7-17(19)16(18)11-13/h6-7,11,14-15,20H,2-5,8-10,12H2,1H3. The van der Waals surface area contributed by atoms with Crippen LogP contribution < -0.4 is 5.32 Å². The Balaban J connectivity index is 1.95. The summed E-state index contributed by atoms with van der Waals surface area (Å²) in [5.41, 5.74) is 1.07. The van der Waals surface area contributed by atoms with Crippen molar-refractivity contribution in [2.24, 2.45) is 0 Å². The molecule has 0 aromatic heterocycles. The van der Waals surface area contributed by atoms with Gasteiger partial charge >= 0.3 is 0 Å². The van der Waals surface area contributed by atoms with Gasteiger partial charge in [0.2, 0.25) is 0 Å². The third-order valence-corrected chi connectivity index (χ3v) is 4.26. The topological polar surface area (TPSA) is 21.3 Å². The van der Waals surface area contributed by atoms with Crippen LogP contribution in [0.5, 0.6) is 0 Å². The maximum absolute atomic E-state index is 13.2. The van der Waals surface area contributed by atoms with Crippen LogP contribution in [-0.4, -0.2) is 25.3 Å². The van der Waals surface area contributed by atoms with Crippen LogP contribution in [0.4, 0.5) is 4.39 Å². The van der Waals surface area contributed by atoms with E-state index in [-0.39, 0.29) is 10.8 Å². The summed E-state index contributed by atoms with van der Waals surface area (Å²) in [7, 11) is 0. The first-order valence-electron chi connectivity index (χ1n) is 7.98. The summed E-state index contributed by atoms with van der Waals surface area (Å²) in [6.07, 6.45) is 6.91. The van der Waals surface area contributed by atoms with Crippen molar-refractivity contribution < 1.29 is 9.13 Å². The first-order valence-corrected chi connectivity index (χ1v) is 8.35. The Kier molecular flexibility index (Phi) is 6.94.